The second-order valence-electron chi connectivity index (χ2n) is 18.2. The molecule has 21 heteroatoms. The number of ketones is 2. The summed E-state index contributed by atoms with van der Waals surface area (Å²) >= 11 is 6.30. The average Bonchev–Trinajstić information content (AvgIpc) is 4.38. The quantitative estimate of drug-likeness (QED) is 0.0467. The summed E-state index contributed by atoms with van der Waals surface area (Å²) in [6.45, 7) is 1.84. The number of thiazole rings is 2. The molecule has 15 nitrogen and oxygen atoms in total. The van der Waals surface area contributed by atoms with Gasteiger partial charge in [0.15, 0.2) is 36.9 Å². The first-order chi connectivity index (χ1) is 37.5. The molecule has 0 bridgehead atoms. The molecule has 2 N–H and O–H groups in total. The highest BCUT2D eigenvalue weighted by Gasteiger charge is 2.40. The molecule has 392 valence electrons. The number of hydrogen-bond acceptors (Lipinski definition) is 16. The van der Waals surface area contributed by atoms with Crippen LogP contribution in [0.2, 0.25) is 0 Å². The molecular formula is C56H51N9O6S6. The zero-order valence-electron chi connectivity index (χ0n) is 41.6. The molecule has 5 heterocycles. The van der Waals surface area contributed by atoms with Gasteiger partial charge in [-0.25, -0.2) is 42.9 Å². The van der Waals surface area contributed by atoms with Crippen LogP contribution in [0, 0.1) is 18.8 Å². The molecule has 2 aliphatic rings. The van der Waals surface area contributed by atoms with Crippen LogP contribution in [0.25, 0.3) is 0 Å². The van der Waals surface area contributed by atoms with Gasteiger partial charge in [0.25, 0.3) is 0 Å². The van der Waals surface area contributed by atoms with E-state index in [9.17, 15) is 18.0 Å². The van der Waals surface area contributed by atoms with E-state index in [1.165, 1.54) is 53.3 Å². The lowest BCUT2D eigenvalue weighted by Crippen LogP contribution is -2.55. The third-order valence-electron chi connectivity index (χ3n) is 12.9. The fourth-order valence-corrected chi connectivity index (χ4v) is 16.0. The minimum absolute atomic E-state index is 0.0216. The minimum Gasteiger partial charge on any atom is -0.294 e. The van der Waals surface area contributed by atoms with Crippen LogP contribution in [0.15, 0.2) is 174 Å². The number of amides is 4. The Bertz CT molecular complexity index is 3510. The normalized spacial score (nSPS) is 13.8. The van der Waals surface area contributed by atoms with Crippen molar-refractivity contribution >= 4 is 113 Å². The van der Waals surface area contributed by atoms with E-state index in [1.54, 1.807) is 60.4 Å². The number of hydrogen-bond donors (Lipinski definition) is 2. The molecule has 2 fully saturated rings. The molecule has 0 atom stereocenters. The van der Waals surface area contributed by atoms with E-state index in [4.69, 9.17) is 15.0 Å². The van der Waals surface area contributed by atoms with Crippen LogP contribution in [0.1, 0.15) is 89.0 Å². The van der Waals surface area contributed by atoms with Crippen LogP contribution < -0.4 is 20.7 Å². The summed E-state index contributed by atoms with van der Waals surface area (Å²) < 4.78 is 29.5. The predicted molar refractivity (Wildman–Crippen MR) is 305 cm³/mol. The fraction of sp³-hybridized carbons (Fsp3) is 0.232. The van der Waals surface area contributed by atoms with Crippen molar-refractivity contribution in [1.82, 2.24) is 24.9 Å². The lowest BCUT2D eigenvalue weighted by atomic mass is 9.93. The van der Waals surface area contributed by atoms with Crippen molar-refractivity contribution in [2.45, 2.75) is 98.1 Å². The van der Waals surface area contributed by atoms with Crippen LogP contribution in [0.3, 0.4) is 0 Å². The van der Waals surface area contributed by atoms with Crippen molar-refractivity contribution in [3.63, 3.8) is 0 Å². The third-order valence-corrected chi connectivity index (χ3v) is 20.4. The standard InChI is InChI=1S/C56H51N9O6S6/c1-36-28-29-45(42(33-36)49(67)38-19-10-11-20-38)64(55(68)63-54-61-44(35-73-40-23-6-3-7-24-40)52(76-54)77(70,71)47-27-13-15-31-58-47)65(50-41(25-16-32-59-50)48(66)37-17-8-9-18-37)56(69)62-53-60-43(34-72-39-21-4-2-5-22-39)51(75-53)74-46-26-12-14-30-57-46/h2-7,12-16,21-33,37-38H,8-11,17-20,34-35H2,1H3,(H,60,62,69)(H,61,63,68). The Morgan fingerprint density at radius 1 is 0.597 bits per heavy atom. The number of thioether (sulfide) groups is 2. The number of pyridine rings is 3. The number of urea groups is 2. The fourth-order valence-electron chi connectivity index (χ4n) is 9.18. The predicted octanol–water partition coefficient (Wildman–Crippen LogP) is 14.1. The maximum Gasteiger partial charge on any atom is 0.349 e. The first kappa shape index (κ1) is 53.6. The molecule has 8 aromatic rings. The van der Waals surface area contributed by atoms with Crippen LogP contribution >= 0.6 is 58.0 Å². The van der Waals surface area contributed by atoms with Crippen LogP contribution in [-0.4, -0.2) is 57.0 Å². The number of rotatable bonds is 18. The number of Topliss-reactive ketones (excluding diaryl/α,β-unsaturated/α-hetero) is 2. The van der Waals surface area contributed by atoms with Crippen LogP contribution in [0.5, 0.6) is 0 Å². The lowest BCUT2D eigenvalue weighted by molar-refractivity contribution is 0.0915. The maximum atomic E-state index is 15.8. The minimum atomic E-state index is -4.28. The number of nitrogens with one attached hydrogen (secondary N) is 2. The van der Waals surface area contributed by atoms with Gasteiger partial charge < -0.3 is 0 Å². The SMILES string of the molecule is Cc1ccc(N(C(=O)Nc2nc(CSc3ccccc3)c(S(=O)(=O)c3ccccn3)s2)N(C(=O)Nc2nc(CSc3ccccc3)c(Sc3ccccn3)s2)c2ncccc2C(=O)C2CCCC2)c(C(=O)C2CCCC2)c1. The van der Waals surface area contributed by atoms with Gasteiger partial charge >= 0.3 is 12.1 Å². The second-order valence-corrected chi connectivity index (χ2v) is 25.7. The smallest absolute Gasteiger partial charge is 0.294 e. The maximum absolute atomic E-state index is 15.8. The molecule has 0 aliphatic heterocycles. The molecule has 4 amide bonds. The van der Waals surface area contributed by atoms with Gasteiger partial charge in [0.1, 0.15) is 5.03 Å². The number of benzene rings is 3. The Hall–Kier alpha value is -6.75. The molecule has 0 radical (unpaired) electrons. The topological polar surface area (TPSA) is 197 Å². The summed E-state index contributed by atoms with van der Waals surface area (Å²) in [5, 5.41) is 8.41. The Morgan fingerprint density at radius 2 is 1.16 bits per heavy atom. The second kappa shape index (κ2) is 24.7. The van der Waals surface area contributed by atoms with Gasteiger partial charge in [-0.2, -0.15) is 10.0 Å². The number of aryl methyl sites for hydroxylation is 1. The van der Waals surface area contributed by atoms with E-state index in [0.717, 1.165) is 66.6 Å². The van der Waals surface area contributed by atoms with Gasteiger partial charge in [-0.05, 0) is 105 Å². The molecular weight excluding hydrogens is 1090 g/mol. The zero-order chi connectivity index (χ0) is 53.3. The van der Waals surface area contributed by atoms with Gasteiger partial charge in [-0.1, -0.05) is 120 Å². The highest BCUT2D eigenvalue weighted by atomic mass is 32.2. The van der Waals surface area contributed by atoms with Gasteiger partial charge in [-0.15, -0.1) is 23.5 Å². The highest BCUT2D eigenvalue weighted by molar-refractivity contribution is 8.01. The largest absolute Gasteiger partial charge is 0.349 e. The monoisotopic (exact) mass is 1140 g/mol. The molecule has 0 unspecified atom stereocenters. The number of anilines is 4. The number of nitrogens with zero attached hydrogens (tertiary/aromatic N) is 7. The Morgan fingerprint density at radius 3 is 1.78 bits per heavy atom. The molecule has 2 aliphatic carbocycles. The number of carbonyl (C=O) groups is 4. The molecule has 5 aromatic heterocycles. The summed E-state index contributed by atoms with van der Waals surface area (Å²) in [5.74, 6) is -0.791. The van der Waals surface area contributed by atoms with E-state index >= 15 is 9.59 Å². The molecule has 2 saturated carbocycles. The Labute approximate surface area is 467 Å². The zero-order valence-corrected chi connectivity index (χ0v) is 46.5. The number of aromatic nitrogens is 5. The van der Waals surface area contributed by atoms with Gasteiger partial charge in [0.05, 0.1) is 26.8 Å². The van der Waals surface area contributed by atoms with Crippen LogP contribution in [-0.2, 0) is 21.3 Å². The van der Waals surface area contributed by atoms with E-state index in [0.29, 0.717) is 42.2 Å². The molecule has 10 rings (SSSR count). The van der Waals surface area contributed by atoms with E-state index < -0.39 is 21.9 Å². The van der Waals surface area contributed by atoms with Crippen molar-refractivity contribution in [2.75, 3.05) is 20.7 Å². The van der Waals surface area contributed by atoms with Crippen molar-refractivity contribution in [3.8, 4) is 0 Å². The molecule has 77 heavy (non-hydrogen) atoms. The van der Waals surface area contributed by atoms with Crippen molar-refractivity contribution < 1.29 is 27.6 Å². The Kier molecular flexibility index (Phi) is 17.2. The number of hydrazine groups is 1. The molecule has 0 spiro atoms. The first-order valence-electron chi connectivity index (χ1n) is 25.0. The van der Waals surface area contributed by atoms with Gasteiger partial charge in [0, 0.05) is 57.3 Å². The molecule has 0 saturated heterocycles. The van der Waals surface area contributed by atoms with Crippen molar-refractivity contribution in [2.24, 2.45) is 11.8 Å². The third kappa shape index (κ3) is 12.7. The Balaban J connectivity index is 1.11. The van der Waals surface area contributed by atoms with Crippen molar-refractivity contribution in [3.05, 3.63) is 174 Å². The lowest BCUT2D eigenvalue weighted by Gasteiger charge is -2.35. The van der Waals surface area contributed by atoms with E-state index in [1.807, 2.05) is 85.8 Å². The van der Waals surface area contributed by atoms with Gasteiger partial charge in [0.2, 0.25) is 9.84 Å². The molecule has 3 aromatic carbocycles. The van der Waals surface area contributed by atoms with Crippen LogP contribution in [0.4, 0.5) is 31.4 Å². The first-order valence-corrected chi connectivity index (χ1v) is 30.9. The summed E-state index contributed by atoms with van der Waals surface area (Å²) in [5.41, 5.74) is 1.85. The summed E-state index contributed by atoms with van der Waals surface area (Å²) in [6, 6.07) is 35.8. The summed E-state index contributed by atoms with van der Waals surface area (Å²) in [6.07, 6.45) is 10.5. The average molecular weight is 1140 g/mol. The highest BCUT2D eigenvalue weighted by Crippen LogP contribution is 2.42. The van der Waals surface area contributed by atoms with Crippen molar-refractivity contribution in [1.29, 1.82) is 0 Å². The van der Waals surface area contributed by atoms with Gasteiger partial charge in [-0.3, -0.25) is 20.2 Å². The summed E-state index contributed by atoms with van der Waals surface area (Å²) in [4.78, 5) is 86.3. The summed E-state index contributed by atoms with van der Waals surface area (Å²) in [7, 11) is -4.28. The van der Waals surface area contributed by atoms with E-state index in [2.05, 4.69) is 20.6 Å². The number of carbonyl (C=O) groups excluding carboxylic acids is 4. The van der Waals surface area contributed by atoms with E-state index in [-0.39, 0.29) is 77.0 Å². The number of sulfone groups is 1.